The molecule has 0 bridgehead atoms. The number of amidine groups is 1. The van der Waals surface area contributed by atoms with Crippen LogP contribution in [0.5, 0.6) is 0 Å². The summed E-state index contributed by atoms with van der Waals surface area (Å²) in [6.45, 7) is 5.92. The highest BCUT2D eigenvalue weighted by molar-refractivity contribution is 6.23. The van der Waals surface area contributed by atoms with Crippen molar-refractivity contribution in [3.05, 3.63) is 35.4 Å². The van der Waals surface area contributed by atoms with E-state index >= 15 is 0 Å². The summed E-state index contributed by atoms with van der Waals surface area (Å²) in [5.74, 6) is 0.560. The third kappa shape index (κ3) is 1.79. The van der Waals surface area contributed by atoms with E-state index in [1.807, 2.05) is 45.0 Å². The summed E-state index contributed by atoms with van der Waals surface area (Å²) in [7, 11) is 1.49. The Morgan fingerprint density at radius 3 is 2.29 bits per heavy atom. The van der Waals surface area contributed by atoms with Crippen LogP contribution in [-0.4, -0.2) is 29.3 Å². The zero-order valence-corrected chi connectivity index (χ0v) is 10.5. The van der Waals surface area contributed by atoms with Gasteiger partial charge in [0.1, 0.15) is 7.11 Å². The summed E-state index contributed by atoms with van der Waals surface area (Å²) in [6, 6.07) is 7.45. The molecule has 1 aromatic carbocycles. The molecule has 1 amide bonds. The summed E-state index contributed by atoms with van der Waals surface area (Å²) in [4.78, 5) is 18.8. The van der Waals surface area contributed by atoms with E-state index in [0.717, 1.165) is 5.56 Å². The van der Waals surface area contributed by atoms with Crippen molar-refractivity contribution in [1.29, 1.82) is 0 Å². The number of hydrogen-bond acceptors (Lipinski definition) is 3. The van der Waals surface area contributed by atoms with Crippen molar-refractivity contribution in [1.82, 2.24) is 4.90 Å². The molecule has 0 fully saturated rings. The largest absolute Gasteiger partial charge is 0.397 e. The molecular weight excluding hydrogens is 216 g/mol. The van der Waals surface area contributed by atoms with E-state index in [2.05, 4.69) is 5.16 Å². The first-order valence-electron chi connectivity index (χ1n) is 5.52. The van der Waals surface area contributed by atoms with E-state index in [1.165, 1.54) is 7.11 Å². The smallest absolute Gasteiger partial charge is 0.260 e. The molecule has 0 unspecified atom stereocenters. The fourth-order valence-electron chi connectivity index (χ4n) is 2.00. The normalized spacial score (nSPS) is 17.5. The predicted octanol–water partition coefficient (Wildman–Crippen LogP) is 2.25. The Hall–Kier alpha value is -1.84. The van der Waals surface area contributed by atoms with Crippen LogP contribution in [0.2, 0.25) is 0 Å². The third-order valence-corrected chi connectivity index (χ3v) is 2.66. The maximum Gasteiger partial charge on any atom is 0.260 e. The first-order valence-corrected chi connectivity index (χ1v) is 5.52. The summed E-state index contributed by atoms with van der Waals surface area (Å²) < 4.78 is 0. The highest BCUT2D eigenvalue weighted by Crippen LogP contribution is 2.29. The van der Waals surface area contributed by atoms with E-state index in [-0.39, 0.29) is 11.4 Å². The molecule has 0 saturated heterocycles. The highest BCUT2D eigenvalue weighted by Gasteiger charge is 2.40. The second kappa shape index (κ2) is 3.87. The van der Waals surface area contributed by atoms with Crippen LogP contribution in [0.3, 0.4) is 0 Å². The molecule has 90 valence electrons. The van der Waals surface area contributed by atoms with Crippen molar-refractivity contribution in [2.45, 2.75) is 26.3 Å². The van der Waals surface area contributed by atoms with Crippen molar-refractivity contribution in [3.63, 3.8) is 0 Å². The van der Waals surface area contributed by atoms with Gasteiger partial charge >= 0.3 is 0 Å². The molecule has 0 saturated carbocycles. The molecule has 17 heavy (non-hydrogen) atoms. The van der Waals surface area contributed by atoms with Gasteiger partial charge in [0, 0.05) is 11.1 Å². The van der Waals surface area contributed by atoms with Gasteiger partial charge in [-0.15, -0.1) is 0 Å². The van der Waals surface area contributed by atoms with Crippen LogP contribution in [0.25, 0.3) is 0 Å². The number of carbonyl (C=O) groups excluding carboxylic acids is 1. The number of carbonyl (C=O) groups is 1. The SMILES string of the molecule is CON=C1c2ccccc2C(=O)N1C(C)(C)C. The number of oxime groups is 1. The third-order valence-electron chi connectivity index (χ3n) is 2.66. The zero-order valence-electron chi connectivity index (χ0n) is 10.5. The number of rotatable bonds is 1. The minimum absolute atomic E-state index is 0.0242. The molecule has 0 spiro atoms. The molecule has 1 heterocycles. The van der Waals surface area contributed by atoms with Crippen LogP contribution >= 0.6 is 0 Å². The summed E-state index contributed by atoms with van der Waals surface area (Å²) >= 11 is 0. The lowest BCUT2D eigenvalue weighted by atomic mass is 10.1. The van der Waals surface area contributed by atoms with Gasteiger partial charge in [-0.05, 0) is 26.8 Å². The average Bonchev–Trinajstić information content (AvgIpc) is 2.53. The van der Waals surface area contributed by atoms with Gasteiger partial charge in [-0.1, -0.05) is 23.4 Å². The molecule has 1 aromatic rings. The van der Waals surface area contributed by atoms with Gasteiger partial charge in [0.25, 0.3) is 5.91 Å². The standard InChI is InChI=1S/C13H16N2O2/c1-13(2,3)15-11(14-17-4)9-7-5-6-8-10(9)12(15)16/h5-8H,1-4H3. The van der Waals surface area contributed by atoms with E-state index in [1.54, 1.807) is 4.90 Å². The van der Waals surface area contributed by atoms with Crippen molar-refractivity contribution in [2.24, 2.45) is 5.16 Å². The topological polar surface area (TPSA) is 41.9 Å². The van der Waals surface area contributed by atoms with E-state index < -0.39 is 0 Å². The molecule has 1 aliphatic rings. The van der Waals surface area contributed by atoms with Gasteiger partial charge in [-0.2, -0.15) is 0 Å². The van der Waals surface area contributed by atoms with Crippen molar-refractivity contribution < 1.29 is 9.63 Å². The number of nitrogens with zero attached hydrogens (tertiary/aromatic N) is 2. The summed E-state index contributed by atoms with van der Waals surface area (Å²) in [5, 5.41) is 3.99. The lowest BCUT2D eigenvalue weighted by Crippen LogP contribution is -2.45. The Bertz CT molecular complexity index is 486. The van der Waals surface area contributed by atoms with Gasteiger partial charge < -0.3 is 4.84 Å². The molecule has 0 atom stereocenters. The molecule has 2 rings (SSSR count). The van der Waals surface area contributed by atoms with Crippen LogP contribution in [0.4, 0.5) is 0 Å². The lowest BCUT2D eigenvalue weighted by Gasteiger charge is -2.31. The number of amides is 1. The molecule has 0 aromatic heterocycles. The predicted molar refractivity (Wildman–Crippen MR) is 65.9 cm³/mol. The fourth-order valence-corrected chi connectivity index (χ4v) is 2.00. The molecule has 0 N–H and O–H groups in total. The number of hydrogen-bond donors (Lipinski definition) is 0. The molecule has 0 radical (unpaired) electrons. The Labute approximate surface area is 101 Å². The second-order valence-electron chi connectivity index (χ2n) is 4.95. The van der Waals surface area contributed by atoms with Crippen LogP contribution < -0.4 is 0 Å². The van der Waals surface area contributed by atoms with Gasteiger partial charge in [-0.3, -0.25) is 9.69 Å². The first-order chi connectivity index (χ1) is 7.96. The van der Waals surface area contributed by atoms with E-state index in [0.29, 0.717) is 11.4 Å². The molecular formula is C13H16N2O2. The molecule has 4 nitrogen and oxygen atoms in total. The Morgan fingerprint density at radius 2 is 1.76 bits per heavy atom. The Morgan fingerprint density at radius 1 is 1.18 bits per heavy atom. The maximum atomic E-state index is 12.3. The quantitative estimate of drug-likeness (QED) is 0.697. The minimum Gasteiger partial charge on any atom is -0.397 e. The van der Waals surface area contributed by atoms with Crippen molar-refractivity contribution >= 4 is 11.7 Å². The van der Waals surface area contributed by atoms with Crippen LogP contribution in [-0.2, 0) is 4.84 Å². The van der Waals surface area contributed by atoms with Crippen LogP contribution in [0, 0.1) is 0 Å². The zero-order chi connectivity index (χ0) is 12.6. The van der Waals surface area contributed by atoms with Crippen molar-refractivity contribution in [2.75, 3.05) is 7.11 Å². The van der Waals surface area contributed by atoms with E-state index in [4.69, 9.17) is 4.84 Å². The average molecular weight is 232 g/mol. The van der Waals surface area contributed by atoms with Crippen molar-refractivity contribution in [3.8, 4) is 0 Å². The van der Waals surface area contributed by atoms with Gasteiger partial charge in [0.2, 0.25) is 0 Å². The van der Waals surface area contributed by atoms with Crippen LogP contribution in [0.15, 0.2) is 29.4 Å². The number of fused-ring (bicyclic) bond motifs is 1. The van der Waals surface area contributed by atoms with Gasteiger partial charge in [-0.25, -0.2) is 0 Å². The highest BCUT2D eigenvalue weighted by atomic mass is 16.6. The van der Waals surface area contributed by atoms with Gasteiger partial charge in [0.05, 0.1) is 5.56 Å². The Balaban J connectivity index is 2.60. The number of benzene rings is 1. The van der Waals surface area contributed by atoms with Gasteiger partial charge in [0.15, 0.2) is 5.84 Å². The summed E-state index contributed by atoms with van der Waals surface area (Å²) in [6.07, 6.45) is 0. The minimum atomic E-state index is -0.326. The fraction of sp³-hybridized carbons (Fsp3) is 0.385. The van der Waals surface area contributed by atoms with Crippen LogP contribution in [0.1, 0.15) is 36.7 Å². The second-order valence-corrected chi connectivity index (χ2v) is 4.95. The lowest BCUT2D eigenvalue weighted by molar-refractivity contribution is 0.0756. The first kappa shape index (κ1) is 11.6. The maximum absolute atomic E-state index is 12.3. The Kier molecular flexibility index (Phi) is 2.65. The molecule has 4 heteroatoms. The monoisotopic (exact) mass is 232 g/mol. The van der Waals surface area contributed by atoms with E-state index in [9.17, 15) is 4.79 Å². The summed E-state index contributed by atoms with van der Waals surface area (Å²) in [5.41, 5.74) is 1.18. The molecule has 0 aliphatic carbocycles. The molecule has 1 aliphatic heterocycles.